The zero-order chi connectivity index (χ0) is 7.61. The minimum atomic E-state index is -1.95. The van der Waals surface area contributed by atoms with Crippen molar-refractivity contribution in [1.29, 1.82) is 0 Å². The van der Waals surface area contributed by atoms with Crippen LogP contribution < -0.4 is 0 Å². The molecule has 1 fully saturated rings. The van der Waals surface area contributed by atoms with Crippen LogP contribution in [0.15, 0.2) is 0 Å². The van der Waals surface area contributed by atoms with Crippen molar-refractivity contribution in [1.82, 2.24) is 0 Å². The SMILES string of the molecule is CC(C)[B-]1(O)OCCCO1. The Balaban J connectivity index is 2.48. The van der Waals surface area contributed by atoms with Gasteiger partial charge in [0.2, 0.25) is 0 Å². The normalized spacial score (nSPS) is 25.2. The van der Waals surface area contributed by atoms with Crippen LogP contribution in [0.25, 0.3) is 0 Å². The van der Waals surface area contributed by atoms with Crippen molar-refractivity contribution in [3.05, 3.63) is 0 Å². The summed E-state index contributed by atoms with van der Waals surface area (Å²) in [4.78, 5) is 0. The number of rotatable bonds is 1. The van der Waals surface area contributed by atoms with Crippen molar-refractivity contribution < 1.29 is 14.3 Å². The highest BCUT2D eigenvalue weighted by Gasteiger charge is 2.31. The molecule has 60 valence electrons. The third-order valence-corrected chi connectivity index (χ3v) is 1.84. The fraction of sp³-hybridized carbons (Fsp3) is 1.00. The second-order valence-corrected chi connectivity index (χ2v) is 3.07. The van der Waals surface area contributed by atoms with E-state index >= 15 is 0 Å². The van der Waals surface area contributed by atoms with E-state index in [2.05, 4.69) is 0 Å². The van der Waals surface area contributed by atoms with Crippen molar-refractivity contribution in [2.45, 2.75) is 26.1 Å². The van der Waals surface area contributed by atoms with Crippen molar-refractivity contribution in [2.24, 2.45) is 0 Å². The van der Waals surface area contributed by atoms with Crippen molar-refractivity contribution in [2.75, 3.05) is 13.2 Å². The Morgan fingerprint density at radius 2 is 1.80 bits per heavy atom. The summed E-state index contributed by atoms with van der Waals surface area (Å²) in [6.07, 6.45) is 0.886. The minimum Gasteiger partial charge on any atom is -0.559 e. The predicted octanol–water partition coefficient (Wildman–Crippen LogP) is 0.764. The van der Waals surface area contributed by atoms with Gasteiger partial charge in [0, 0.05) is 13.2 Å². The molecule has 1 aliphatic rings. The molecule has 0 atom stereocenters. The molecule has 1 N–H and O–H groups in total. The molecule has 1 heterocycles. The van der Waals surface area contributed by atoms with Gasteiger partial charge in [0.05, 0.1) is 0 Å². The van der Waals surface area contributed by atoms with E-state index in [9.17, 15) is 5.02 Å². The Morgan fingerprint density at radius 1 is 1.30 bits per heavy atom. The Kier molecular flexibility index (Phi) is 2.34. The minimum absolute atomic E-state index is 0.0558. The van der Waals surface area contributed by atoms with Gasteiger partial charge >= 0.3 is 6.75 Å². The lowest BCUT2D eigenvalue weighted by Crippen LogP contribution is -2.49. The molecular formula is C6H14BO3-. The maximum Gasteiger partial charge on any atom is 0.379 e. The van der Waals surface area contributed by atoms with Gasteiger partial charge in [0.25, 0.3) is 0 Å². The van der Waals surface area contributed by atoms with Gasteiger partial charge in [-0.1, -0.05) is 19.7 Å². The maximum atomic E-state index is 9.57. The largest absolute Gasteiger partial charge is 0.559 e. The molecule has 0 aromatic carbocycles. The first-order valence-corrected chi connectivity index (χ1v) is 3.79. The summed E-state index contributed by atoms with van der Waals surface area (Å²) in [5.74, 6) is 0.0558. The van der Waals surface area contributed by atoms with Crippen LogP contribution in [0.2, 0.25) is 5.82 Å². The highest BCUT2D eigenvalue weighted by molar-refractivity contribution is 6.60. The fourth-order valence-electron chi connectivity index (χ4n) is 0.996. The van der Waals surface area contributed by atoms with E-state index in [-0.39, 0.29) is 5.82 Å². The molecule has 0 aromatic rings. The molecule has 0 aliphatic carbocycles. The first kappa shape index (κ1) is 8.05. The smallest absolute Gasteiger partial charge is 0.379 e. The van der Waals surface area contributed by atoms with E-state index in [0.29, 0.717) is 13.2 Å². The highest BCUT2D eigenvalue weighted by Crippen LogP contribution is 2.23. The number of hydrogen-bond donors (Lipinski definition) is 1. The summed E-state index contributed by atoms with van der Waals surface area (Å²) in [5.41, 5.74) is 0. The zero-order valence-electron chi connectivity index (χ0n) is 6.54. The molecule has 1 saturated heterocycles. The van der Waals surface area contributed by atoms with Crippen LogP contribution in [-0.4, -0.2) is 25.0 Å². The monoisotopic (exact) mass is 145 g/mol. The molecule has 10 heavy (non-hydrogen) atoms. The second-order valence-electron chi connectivity index (χ2n) is 3.07. The molecule has 4 heteroatoms. The second kappa shape index (κ2) is 2.90. The van der Waals surface area contributed by atoms with Crippen LogP contribution in [0.4, 0.5) is 0 Å². The van der Waals surface area contributed by atoms with Gasteiger partial charge < -0.3 is 14.3 Å². The van der Waals surface area contributed by atoms with Crippen molar-refractivity contribution >= 4 is 6.75 Å². The van der Waals surface area contributed by atoms with E-state index in [1.54, 1.807) is 0 Å². The first-order chi connectivity index (χ1) is 4.65. The zero-order valence-corrected chi connectivity index (χ0v) is 6.54. The van der Waals surface area contributed by atoms with Gasteiger partial charge in [0.1, 0.15) is 0 Å². The first-order valence-electron chi connectivity index (χ1n) is 3.79. The van der Waals surface area contributed by atoms with Crippen LogP contribution in [-0.2, 0) is 9.31 Å². The molecular weight excluding hydrogens is 131 g/mol. The molecule has 0 amide bonds. The van der Waals surface area contributed by atoms with E-state index in [1.165, 1.54) is 0 Å². The van der Waals surface area contributed by atoms with Crippen molar-refractivity contribution in [3.63, 3.8) is 0 Å². The van der Waals surface area contributed by atoms with Crippen LogP contribution >= 0.6 is 0 Å². The molecule has 0 radical (unpaired) electrons. The van der Waals surface area contributed by atoms with Crippen LogP contribution in [0.1, 0.15) is 20.3 Å². The predicted molar refractivity (Wildman–Crippen MR) is 39.6 cm³/mol. The molecule has 0 aromatic heterocycles. The Bertz CT molecular complexity index is 110. The Morgan fingerprint density at radius 3 is 2.10 bits per heavy atom. The van der Waals surface area contributed by atoms with E-state index in [0.717, 1.165) is 6.42 Å². The molecule has 0 bridgehead atoms. The third-order valence-electron chi connectivity index (χ3n) is 1.84. The van der Waals surface area contributed by atoms with Crippen LogP contribution in [0, 0.1) is 0 Å². The Labute approximate surface area is 61.3 Å². The van der Waals surface area contributed by atoms with Gasteiger partial charge in [0.15, 0.2) is 0 Å². The quantitative estimate of drug-likeness (QED) is 0.553. The lowest BCUT2D eigenvalue weighted by Gasteiger charge is -2.42. The summed E-state index contributed by atoms with van der Waals surface area (Å²) in [6, 6.07) is 0. The average Bonchev–Trinajstić information content (AvgIpc) is 1.89. The molecule has 1 aliphatic heterocycles. The fourth-order valence-corrected chi connectivity index (χ4v) is 0.996. The highest BCUT2D eigenvalue weighted by atomic mass is 16.7. The standard InChI is InChI=1S/C6H14BO3/c1-6(2)7(8)9-4-3-5-10-7/h6,8H,3-5H2,1-2H3/q-1. The Hall–Kier alpha value is -0.0551. The van der Waals surface area contributed by atoms with Gasteiger partial charge in [-0.15, -0.1) is 0 Å². The molecule has 0 unspecified atom stereocenters. The summed E-state index contributed by atoms with van der Waals surface area (Å²) in [6.45, 7) is 3.08. The van der Waals surface area contributed by atoms with Crippen LogP contribution in [0.5, 0.6) is 0 Å². The third kappa shape index (κ3) is 1.51. The summed E-state index contributed by atoms with van der Waals surface area (Å²) < 4.78 is 10.2. The van der Waals surface area contributed by atoms with Gasteiger partial charge in [-0.25, -0.2) is 0 Å². The lowest BCUT2D eigenvalue weighted by atomic mass is 9.65. The topological polar surface area (TPSA) is 38.7 Å². The average molecular weight is 145 g/mol. The molecule has 3 nitrogen and oxygen atoms in total. The van der Waals surface area contributed by atoms with Crippen LogP contribution in [0.3, 0.4) is 0 Å². The van der Waals surface area contributed by atoms with Gasteiger partial charge in [-0.3, -0.25) is 0 Å². The van der Waals surface area contributed by atoms with Gasteiger partial charge in [-0.2, -0.15) is 0 Å². The van der Waals surface area contributed by atoms with Crippen molar-refractivity contribution in [3.8, 4) is 0 Å². The lowest BCUT2D eigenvalue weighted by molar-refractivity contribution is 0.0445. The maximum absolute atomic E-state index is 9.57. The summed E-state index contributed by atoms with van der Waals surface area (Å²) >= 11 is 0. The molecule has 0 spiro atoms. The van der Waals surface area contributed by atoms with E-state index in [1.807, 2.05) is 13.8 Å². The van der Waals surface area contributed by atoms with E-state index < -0.39 is 6.75 Å². The number of hydrogen-bond acceptors (Lipinski definition) is 3. The summed E-state index contributed by atoms with van der Waals surface area (Å²) in [7, 11) is 0. The summed E-state index contributed by atoms with van der Waals surface area (Å²) in [5, 5.41) is 9.57. The van der Waals surface area contributed by atoms with Gasteiger partial charge in [-0.05, 0) is 6.42 Å². The molecule has 1 rings (SSSR count). The molecule has 0 saturated carbocycles. The van der Waals surface area contributed by atoms with E-state index in [4.69, 9.17) is 9.31 Å².